The van der Waals surface area contributed by atoms with E-state index in [4.69, 9.17) is 21.1 Å². The molecule has 0 amide bonds. The maximum atomic E-state index is 5.87. The van der Waals surface area contributed by atoms with Gasteiger partial charge >= 0.3 is 0 Å². The lowest BCUT2D eigenvalue weighted by molar-refractivity contribution is 0.0694. The molecule has 1 N–H and O–H groups in total. The molecule has 0 aromatic carbocycles. The van der Waals surface area contributed by atoms with Crippen molar-refractivity contribution in [2.75, 3.05) is 45.9 Å². The molecule has 1 fully saturated rings. The predicted octanol–water partition coefficient (Wildman–Crippen LogP) is 1.65. The first-order valence-electron chi connectivity index (χ1n) is 5.66. The number of nitrogens with one attached hydrogen (secondary N) is 1. The highest BCUT2D eigenvalue weighted by molar-refractivity contribution is 6.18. The van der Waals surface area contributed by atoms with Gasteiger partial charge in [0.25, 0.3) is 0 Å². The lowest BCUT2D eigenvalue weighted by Gasteiger charge is -2.12. The van der Waals surface area contributed by atoms with E-state index in [2.05, 4.69) is 5.32 Å². The van der Waals surface area contributed by atoms with Gasteiger partial charge in [-0.3, -0.25) is 0 Å². The summed E-state index contributed by atoms with van der Waals surface area (Å²) in [4.78, 5) is 0. The van der Waals surface area contributed by atoms with E-state index < -0.39 is 0 Å². The van der Waals surface area contributed by atoms with Crippen LogP contribution in [0.4, 0.5) is 0 Å². The van der Waals surface area contributed by atoms with Crippen molar-refractivity contribution in [3.63, 3.8) is 0 Å². The predicted molar refractivity (Wildman–Crippen MR) is 62.6 cm³/mol. The number of methoxy groups -OCH3 is 1. The molecule has 90 valence electrons. The molecule has 3 nitrogen and oxygen atoms in total. The highest BCUT2D eigenvalue weighted by Crippen LogP contribution is 2.45. The SMILES string of the molecule is COCCOCCCNCC1(CCl)CC1. The van der Waals surface area contributed by atoms with Crippen molar-refractivity contribution in [2.45, 2.75) is 19.3 Å². The topological polar surface area (TPSA) is 30.5 Å². The smallest absolute Gasteiger partial charge is 0.0700 e. The molecule has 0 aromatic heterocycles. The zero-order chi connectivity index (χ0) is 11.0. The Morgan fingerprint density at radius 3 is 2.67 bits per heavy atom. The summed E-state index contributed by atoms with van der Waals surface area (Å²) in [5.41, 5.74) is 0.429. The summed E-state index contributed by atoms with van der Waals surface area (Å²) in [5, 5.41) is 3.43. The molecular formula is C11H22ClNO2. The van der Waals surface area contributed by atoms with E-state index >= 15 is 0 Å². The van der Waals surface area contributed by atoms with Gasteiger partial charge in [-0.2, -0.15) is 0 Å². The molecular weight excluding hydrogens is 214 g/mol. The van der Waals surface area contributed by atoms with Gasteiger partial charge in [-0.05, 0) is 31.2 Å². The Balaban J connectivity index is 1.77. The molecule has 0 saturated heterocycles. The maximum absolute atomic E-state index is 5.87. The van der Waals surface area contributed by atoms with Crippen molar-refractivity contribution in [3.05, 3.63) is 0 Å². The number of hydrogen-bond acceptors (Lipinski definition) is 3. The molecule has 15 heavy (non-hydrogen) atoms. The highest BCUT2D eigenvalue weighted by atomic mass is 35.5. The average Bonchev–Trinajstić information content (AvgIpc) is 3.03. The van der Waals surface area contributed by atoms with Gasteiger partial charge in [0.05, 0.1) is 13.2 Å². The van der Waals surface area contributed by atoms with Crippen molar-refractivity contribution in [1.82, 2.24) is 5.32 Å². The molecule has 0 atom stereocenters. The van der Waals surface area contributed by atoms with Gasteiger partial charge in [-0.1, -0.05) is 0 Å². The van der Waals surface area contributed by atoms with E-state index in [1.54, 1.807) is 7.11 Å². The number of halogens is 1. The molecule has 1 saturated carbocycles. The Morgan fingerprint density at radius 2 is 2.07 bits per heavy atom. The Morgan fingerprint density at radius 1 is 1.27 bits per heavy atom. The molecule has 1 aliphatic rings. The minimum atomic E-state index is 0.429. The second-order valence-electron chi connectivity index (χ2n) is 4.27. The molecule has 0 heterocycles. The Kier molecular flexibility index (Phi) is 6.57. The van der Waals surface area contributed by atoms with E-state index in [9.17, 15) is 0 Å². The lowest BCUT2D eigenvalue weighted by atomic mass is 10.1. The van der Waals surface area contributed by atoms with Crippen LogP contribution in [0.3, 0.4) is 0 Å². The van der Waals surface area contributed by atoms with Crippen LogP contribution in [0.15, 0.2) is 0 Å². The normalized spacial score (nSPS) is 18.0. The molecule has 1 aliphatic carbocycles. The number of rotatable bonds is 10. The molecule has 0 unspecified atom stereocenters. The summed E-state index contributed by atoms with van der Waals surface area (Å²) in [6.07, 6.45) is 3.63. The van der Waals surface area contributed by atoms with Crippen molar-refractivity contribution in [2.24, 2.45) is 5.41 Å². The van der Waals surface area contributed by atoms with E-state index in [-0.39, 0.29) is 0 Å². The molecule has 0 radical (unpaired) electrons. The number of ether oxygens (including phenoxy) is 2. The van der Waals surface area contributed by atoms with E-state index in [1.807, 2.05) is 0 Å². The van der Waals surface area contributed by atoms with Gasteiger partial charge < -0.3 is 14.8 Å². The van der Waals surface area contributed by atoms with Gasteiger partial charge in [0, 0.05) is 26.1 Å². The Hall–Kier alpha value is 0.170. The standard InChI is InChI=1S/C11H22ClNO2/c1-14-7-8-15-6-2-5-13-10-11(9-12)3-4-11/h13H,2-10H2,1H3. The van der Waals surface area contributed by atoms with Crippen LogP contribution in [0.1, 0.15) is 19.3 Å². The number of alkyl halides is 1. The third-order valence-corrected chi connectivity index (χ3v) is 3.38. The second-order valence-corrected chi connectivity index (χ2v) is 4.54. The monoisotopic (exact) mass is 235 g/mol. The lowest BCUT2D eigenvalue weighted by Crippen LogP contribution is -2.26. The van der Waals surface area contributed by atoms with Crippen molar-refractivity contribution < 1.29 is 9.47 Å². The van der Waals surface area contributed by atoms with Crippen LogP contribution in [-0.2, 0) is 9.47 Å². The largest absolute Gasteiger partial charge is 0.382 e. The molecule has 0 aliphatic heterocycles. The molecule has 0 bridgehead atoms. The van der Waals surface area contributed by atoms with E-state index in [0.717, 1.165) is 32.0 Å². The fourth-order valence-corrected chi connectivity index (χ4v) is 1.79. The van der Waals surface area contributed by atoms with Gasteiger partial charge in [0.1, 0.15) is 0 Å². The zero-order valence-electron chi connectivity index (χ0n) is 9.56. The first kappa shape index (κ1) is 13.2. The van der Waals surface area contributed by atoms with Gasteiger partial charge in [-0.15, -0.1) is 11.6 Å². The maximum Gasteiger partial charge on any atom is 0.0700 e. The summed E-state index contributed by atoms with van der Waals surface area (Å²) >= 11 is 5.87. The molecule has 4 heteroatoms. The van der Waals surface area contributed by atoms with Gasteiger partial charge in [0.2, 0.25) is 0 Å². The van der Waals surface area contributed by atoms with Crippen LogP contribution in [0, 0.1) is 5.41 Å². The van der Waals surface area contributed by atoms with Crippen LogP contribution < -0.4 is 5.32 Å². The minimum absolute atomic E-state index is 0.429. The fraction of sp³-hybridized carbons (Fsp3) is 1.00. The third-order valence-electron chi connectivity index (χ3n) is 2.81. The first-order chi connectivity index (χ1) is 7.33. The summed E-state index contributed by atoms with van der Waals surface area (Å²) in [5.74, 6) is 0.796. The van der Waals surface area contributed by atoms with E-state index in [1.165, 1.54) is 12.8 Å². The van der Waals surface area contributed by atoms with Crippen LogP contribution in [0.5, 0.6) is 0 Å². The zero-order valence-corrected chi connectivity index (χ0v) is 10.3. The number of hydrogen-bond donors (Lipinski definition) is 1. The van der Waals surface area contributed by atoms with Crippen molar-refractivity contribution in [3.8, 4) is 0 Å². The highest BCUT2D eigenvalue weighted by Gasteiger charge is 2.40. The quantitative estimate of drug-likeness (QED) is 0.461. The van der Waals surface area contributed by atoms with Crippen LogP contribution in [0.2, 0.25) is 0 Å². The van der Waals surface area contributed by atoms with Crippen LogP contribution >= 0.6 is 11.6 Å². The van der Waals surface area contributed by atoms with Crippen LogP contribution in [-0.4, -0.2) is 45.9 Å². The summed E-state index contributed by atoms with van der Waals surface area (Å²) in [6, 6.07) is 0. The summed E-state index contributed by atoms with van der Waals surface area (Å²) in [7, 11) is 1.69. The van der Waals surface area contributed by atoms with Crippen LogP contribution in [0.25, 0.3) is 0 Å². The van der Waals surface area contributed by atoms with E-state index in [0.29, 0.717) is 18.6 Å². The average molecular weight is 236 g/mol. The Bertz CT molecular complexity index is 163. The third kappa shape index (κ3) is 5.71. The van der Waals surface area contributed by atoms with Crippen molar-refractivity contribution in [1.29, 1.82) is 0 Å². The molecule has 0 spiro atoms. The molecule has 1 rings (SSSR count). The van der Waals surface area contributed by atoms with Gasteiger partial charge in [-0.25, -0.2) is 0 Å². The first-order valence-corrected chi connectivity index (χ1v) is 6.20. The van der Waals surface area contributed by atoms with Crippen molar-refractivity contribution >= 4 is 11.6 Å². The Labute approximate surface area is 97.5 Å². The van der Waals surface area contributed by atoms with Gasteiger partial charge in [0.15, 0.2) is 0 Å². The minimum Gasteiger partial charge on any atom is -0.382 e. The second kappa shape index (κ2) is 7.44. The fourth-order valence-electron chi connectivity index (χ4n) is 1.43. The summed E-state index contributed by atoms with van der Waals surface area (Å²) in [6.45, 7) is 4.27. The summed E-state index contributed by atoms with van der Waals surface area (Å²) < 4.78 is 10.2. The molecule has 0 aromatic rings.